The highest BCUT2D eigenvalue weighted by Crippen LogP contribution is 2.23. The first-order chi connectivity index (χ1) is 8.66. The molecule has 0 unspecified atom stereocenters. The highest BCUT2D eigenvalue weighted by molar-refractivity contribution is 6.42. The number of likely N-dealkylation sites (tertiary alicyclic amines) is 1. The Bertz CT molecular complexity index is 465. The number of halogens is 2. The maximum atomic E-state index is 11.9. The highest BCUT2D eigenvalue weighted by Gasteiger charge is 2.13. The molecular formula is C14H15Cl2NO. The summed E-state index contributed by atoms with van der Waals surface area (Å²) in [4.78, 5) is 13.8. The van der Waals surface area contributed by atoms with E-state index in [4.69, 9.17) is 23.2 Å². The zero-order valence-corrected chi connectivity index (χ0v) is 11.5. The first kappa shape index (κ1) is 13.4. The largest absolute Gasteiger partial charge is 0.339 e. The molecule has 1 saturated heterocycles. The van der Waals surface area contributed by atoms with Crippen LogP contribution in [0.3, 0.4) is 0 Å². The number of rotatable bonds is 2. The quantitative estimate of drug-likeness (QED) is 0.751. The average Bonchev–Trinajstić information content (AvgIpc) is 2.41. The summed E-state index contributed by atoms with van der Waals surface area (Å²) in [7, 11) is 0. The average molecular weight is 284 g/mol. The molecule has 0 bridgehead atoms. The van der Waals surface area contributed by atoms with Crippen molar-refractivity contribution in [3.8, 4) is 0 Å². The van der Waals surface area contributed by atoms with E-state index >= 15 is 0 Å². The summed E-state index contributed by atoms with van der Waals surface area (Å²) in [5.41, 5.74) is 0.884. The molecule has 4 heteroatoms. The Morgan fingerprint density at radius 1 is 1.11 bits per heavy atom. The van der Waals surface area contributed by atoms with Gasteiger partial charge in [-0.1, -0.05) is 29.3 Å². The van der Waals surface area contributed by atoms with Crippen LogP contribution in [0.1, 0.15) is 24.8 Å². The molecule has 1 aromatic rings. The summed E-state index contributed by atoms with van der Waals surface area (Å²) in [5, 5.41) is 1.03. The van der Waals surface area contributed by atoms with E-state index in [1.807, 2.05) is 11.0 Å². The molecule has 1 aliphatic heterocycles. The molecule has 2 rings (SSSR count). The number of hydrogen-bond acceptors (Lipinski definition) is 1. The molecule has 1 aliphatic rings. The molecule has 2 nitrogen and oxygen atoms in total. The second-order valence-corrected chi connectivity index (χ2v) is 5.21. The number of carbonyl (C=O) groups is 1. The van der Waals surface area contributed by atoms with Crippen LogP contribution in [-0.4, -0.2) is 23.9 Å². The Kier molecular flexibility index (Phi) is 4.67. The SMILES string of the molecule is O=C(/C=C\c1ccc(Cl)c(Cl)c1)N1CCCCC1. The number of piperidine rings is 1. The van der Waals surface area contributed by atoms with Crippen molar-refractivity contribution in [1.29, 1.82) is 0 Å². The number of carbonyl (C=O) groups excluding carboxylic acids is 1. The molecule has 1 aromatic carbocycles. The Balaban J connectivity index is 2.01. The van der Waals surface area contributed by atoms with E-state index in [1.54, 1.807) is 24.3 Å². The lowest BCUT2D eigenvalue weighted by molar-refractivity contribution is -0.126. The molecule has 1 heterocycles. The normalized spacial score (nSPS) is 16.2. The van der Waals surface area contributed by atoms with E-state index in [-0.39, 0.29) is 5.91 Å². The Morgan fingerprint density at radius 2 is 1.83 bits per heavy atom. The van der Waals surface area contributed by atoms with Crippen LogP contribution in [0.25, 0.3) is 6.08 Å². The lowest BCUT2D eigenvalue weighted by Crippen LogP contribution is -2.34. The van der Waals surface area contributed by atoms with Crippen LogP contribution in [0.2, 0.25) is 10.0 Å². The van der Waals surface area contributed by atoms with Crippen molar-refractivity contribution in [2.45, 2.75) is 19.3 Å². The van der Waals surface area contributed by atoms with E-state index in [2.05, 4.69) is 0 Å². The summed E-state index contributed by atoms with van der Waals surface area (Å²) in [6.45, 7) is 1.73. The minimum atomic E-state index is 0.0702. The van der Waals surface area contributed by atoms with Gasteiger partial charge in [-0.25, -0.2) is 0 Å². The van der Waals surface area contributed by atoms with Crippen LogP contribution in [-0.2, 0) is 4.79 Å². The minimum Gasteiger partial charge on any atom is -0.339 e. The smallest absolute Gasteiger partial charge is 0.246 e. The fraction of sp³-hybridized carbons (Fsp3) is 0.357. The number of amides is 1. The molecule has 0 spiro atoms. The van der Waals surface area contributed by atoms with Crippen molar-refractivity contribution < 1.29 is 4.79 Å². The van der Waals surface area contributed by atoms with Gasteiger partial charge in [0.2, 0.25) is 5.91 Å². The number of nitrogens with zero attached hydrogens (tertiary/aromatic N) is 1. The van der Waals surface area contributed by atoms with Gasteiger partial charge in [0, 0.05) is 19.2 Å². The van der Waals surface area contributed by atoms with Crippen molar-refractivity contribution >= 4 is 35.2 Å². The monoisotopic (exact) mass is 283 g/mol. The van der Waals surface area contributed by atoms with Gasteiger partial charge in [-0.05, 0) is 43.0 Å². The standard InChI is InChI=1S/C14H15Cl2NO/c15-12-6-4-11(10-13(12)16)5-7-14(18)17-8-2-1-3-9-17/h4-7,10H,1-3,8-9H2/b7-5-. The molecule has 0 aliphatic carbocycles. The van der Waals surface area contributed by atoms with E-state index in [0.29, 0.717) is 10.0 Å². The van der Waals surface area contributed by atoms with Crippen molar-refractivity contribution in [3.63, 3.8) is 0 Å². The van der Waals surface area contributed by atoms with E-state index < -0.39 is 0 Å². The van der Waals surface area contributed by atoms with Crippen molar-refractivity contribution in [3.05, 3.63) is 39.9 Å². The van der Waals surface area contributed by atoms with Crippen LogP contribution in [0.15, 0.2) is 24.3 Å². The second kappa shape index (κ2) is 6.26. The van der Waals surface area contributed by atoms with Crippen molar-refractivity contribution in [2.24, 2.45) is 0 Å². The summed E-state index contributed by atoms with van der Waals surface area (Å²) in [5.74, 6) is 0.0702. The van der Waals surface area contributed by atoms with Crippen LogP contribution >= 0.6 is 23.2 Å². The van der Waals surface area contributed by atoms with Gasteiger partial charge in [0.15, 0.2) is 0 Å². The van der Waals surface area contributed by atoms with Gasteiger partial charge in [-0.2, -0.15) is 0 Å². The third-order valence-electron chi connectivity index (χ3n) is 3.03. The molecule has 0 radical (unpaired) electrons. The fourth-order valence-electron chi connectivity index (χ4n) is 2.00. The zero-order chi connectivity index (χ0) is 13.0. The summed E-state index contributed by atoms with van der Waals surface area (Å²) in [6.07, 6.45) is 6.81. The van der Waals surface area contributed by atoms with Gasteiger partial charge in [-0.3, -0.25) is 4.79 Å². The van der Waals surface area contributed by atoms with Crippen LogP contribution < -0.4 is 0 Å². The van der Waals surface area contributed by atoms with Crippen LogP contribution in [0.4, 0.5) is 0 Å². The fourth-order valence-corrected chi connectivity index (χ4v) is 2.31. The molecule has 0 N–H and O–H groups in total. The molecule has 0 aromatic heterocycles. The lowest BCUT2D eigenvalue weighted by Gasteiger charge is -2.25. The van der Waals surface area contributed by atoms with E-state index in [1.165, 1.54) is 6.42 Å². The second-order valence-electron chi connectivity index (χ2n) is 4.39. The maximum Gasteiger partial charge on any atom is 0.246 e. The first-order valence-electron chi connectivity index (χ1n) is 6.09. The molecule has 1 fully saturated rings. The van der Waals surface area contributed by atoms with Gasteiger partial charge < -0.3 is 4.90 Å². The van der Waals surface area contributed by atoms with Crippen LogP contribution in [0.5, 0.6) is 0 Å². The van der Waals surface area contributed by atoms with Gasteiger partial charge in [-0.15, -0.1) is 0 Å². The maximum absolute atomic E-state index is 11.9. The summed E-state index contributed by atoms with van der Waals surface area (Å²) < 4.78 is 0. The van der Waals surface area contributed by atoms with Gasteiger partial charge in [0.25, 0.3) is 0 Å². The molecule has 0 atom stereocenters. The third-order valence-corrected chi connectivity index (χ3v) is 3.77. The zero-order valence-electron chi connectivity index (χ0n) is 10.0. The lowest BCUT2D eigenvalue weighted by atomic mass is 10.1. The topological polar surface area (TPSA) is 20.3 Å². The predicted molar refractivity (Wildman–Crippen MR) is 75.9 cm³/mol. The van der Waals surface area contributed by atoms with E-state index in [0.717, 1.165) is 31.5 Å². The van der Waals surface area contributed by atoms with Crippen LogP contribution in [0, 0.1) is 0 Å². The third kappa shape index (κ3) is 3.50. The first-order valence-corrected chi connectivity index (χ1v) is 6.84. The van der Waals surface area contributed by atoms with Gasteiger partial charge >= 0.3 is 0 Å². The van der Waals surface area contributed by atoms with Gasteiger partial charge in [0.1, 0.15) is 0 Å². The number of benzene rings is 1. The Hall–Kier alpha value is -0.990. The Labute approximate surface area is 117 Å². The molecule has 18 heavy (non-hydrogen) atoms. The summed E-state index contributed by atoms with van der Waals surface area (Å²) in [6, 6.07) is 5.33. The molecule has 0 saturated carbocycles. The van der Waals surface area contributed by atoms with E-state index in [9.17, 15) is 4.79 Å². The molecule has 1 amide bonds. The Morgan fingerprint density at radius 3 is 2.50 bits per heavy atom. The summed E-state index contributed by atoms with van der Waals surface area (Å²) >= 11 is 11.8. The van der Waals surface area contributed by atoms with Crippen molar-refractivity contribution in [2.75, 3.05) is 13.1 Å². The highest BCUT2D eigenvalue weighted by atomic mass is 35.5. The number of hydrogen-bond donors (Lipinski definition) is 0. The minimum absolute atomic E-state index is 0.0702. The molecule has 96 valence electrons. The molecular weight excluding hydrogens is 269 g/mol. The van der Waals surface area contributed by atoms with Crippen molar-refractivity contribution in [1.82, 2.24) is 4.90 Å². The predicted octanol–water partition coefficient (Wildman–Crippen LogP) is 4.02. The van der Waals surface area contributed by atoms with Gasteiger partial charge in [0.05, 0.1) is 10.0 Å².